The van der Waals surface area contributed by atoms with Crippen LogP contribution in [0.4, 0.5) is 5.69 Å². The average Bonchev–Trinajstić information content (AvgIpc) is 3.34. The number of hydrogen-bond acceptors (Lipinski definition) is 4. The Morgan fingerprint density at radius 1 is 1.19 bits per heavy atom. The van der Waals surface area contributed by atoms with E-state index in [-0.39, 0.29) is 17.2 Å². The number of anilines is 1. The summed E-state index contributed by atoms with van der Waals surface area (Å²) >= 11 is 0. The number of methoxy groups -OCH3 is 1. The van der Waals surface area contributed by atoms with Gasteiger partial charge in [-0.2, -0.15) is 0 Å². The van der Waals surface area contributed by atoms with Crippen molar-refractivity contribution in [1.82, 2.24) is 4.90 Å². The quantitative estimate of drug-likeness (QED) is 0.850. The number of benzene rings is 1. The van der Waals surface area contributed by atoms with Crippen molar-refractivity contribution in [3.63, 3.8) is 0 Å². The third kappa shape index (κ3) is 2.75. The van der Waals surface area contributed by atoms with Crippen molar-refractivity contribution in [2.45, 2.75) is 19.8 Å². The Morgan fingerprint density at radius 3 is 2.62 bits per heavy atom. The summed E-state index contributed by atoms with van der Waals surface area (Å²) in [6.07, 6.45) is 2.86. The zero-order chi connectivity index (χ0) is 18.3. The molecule has 3 heterocycles. The first kappa shape index (κ1) is 16.7. The summed E-state index contributed by atoms with van der Waals surface area (Å²) in [6.45, 7) is 3.72. The highest BCUT2D eigenvalue weighted by atomic mass is 16.5. The molecule has 2 saturated heterocycles. The van der Waals surface area contributed by atoms with Crippen molar-refractivity contribution >= 4 is 17.5 Å². The third-order valence-electron chi connectivity index (χ3n) is 5.52. The van der Waals surface area contributed by atoms with Crippen molar-refractivity contribution in [2.75, 3.05) is 31.6 Å². The highest BCUT2D eigenvalue weighted by Gasteiger charge is 2.49. The van der Waals surface area contributed by atoms with Gasteiger partial charge in [0, 0.05) is 37.2 Å². The Labute approximate surface area is 152 Å². The number of nitrogens with zero attached hydrogens (tertiary/aromatic N) is 2. The van der Waals surface area contributed by atoms with Gasteiger partial charge in [-0.25, -0.2) is 0 Å². The van der Waals surface area contributed by atoms with Gasteiger partial charge in [-0.05, 0) is 43.7 Å². The molecule has 4 rings (SSSR count). The molecular formula is C20H22N2O4. The molecule has 1 spiro atoms. The van der Waals surface area contributed by atoms with Gasteiger partial charge in [0.25, 0.3) is 5.91 Å². The van der Waals surface area contributed by atoms with E-state index in [2.05, 4.69) is 0 Å². The molecule has 0 unspecified atom stereocenters. The summed E-state index contributed by atoms with van der Waals surface area (Å²) in [6, 6.07) is 9.25. The topological polar surface area (TPSA) is 63.0 Å². The molecule has 2 fully saturated rings. The van der Waals surface area contributed by atoms with E-state index in [0.29, 0.717) is 37.4 Å². The van der Waals surface area contributed by atoms with Gasteiger partial charge in [0.05, 0.1) is 18.9 Å². The number of likely N-dealkylation sites (tertiary alicyclic amines) is 1. The zero-order valence-corrected chi connectivity index (χ0v) is 15.0. The van der Waals surface area contributed by atoms with E-state index in [1.807, 2.05) is 34.1 Å². The Morgan fingerprint density at radius 2 is 1.96 bits per heavy atom. The molecule has 2 aliphatic heterocycles. The van der Waals surface area contributed by atoms with Gasteiger partial charge in [-0.3, -0.25) is 9.59 Å². The third-order valence-corrected chi connectivity index (χ3v) is 5.52. The van der Waals surface area contributed by atoms with E-state index >= 15 is 0 Å². The average molecular weight is 354 g/mol. The summed E-state index contributed by atoms with van der Waals surface area (Å²) < 4.78 is 10.4. The lowest BCUT2D eigenvalue weighted by molar-refractivity contribution is -0.117. The molecule has 0 saturated carbocycles. The lowest BCUT2D eigenvalue weighted by Gasteiger charge is -2.24. The second-order valence-electron chi connectivity index (χ2n) is 7.22. The minimum Gasteiger partial charge on any atom is -0.497 e. The number of ether oxygens (including phenoxy) is 1. The van der Waals surface area contributed by atoms with Crippen LogP contribution in [0.1, 0.15) is 29.0 Å². The molecule has 26 heavy (non-hydrogen) atoms. The molecule has 2 aromatic rings. The van der Waals surface area contributed by atoms with Crippen LogP contribution in [0.5, 0.6) is 5.75 Å². The number of aryl methyl sites for hydroxylation is 1. The number of amides is 2. The summed E-state index contributed by atoms with van der Waals surface area (Å²) in [7, 11) is 1.62. The van der Waals surface area contributed by atoms with Gasteiger partial charge in [-0.1, -0.05) is 0 Å². The van der Waals surface area contributed by atoms with Crippen LogP contribution < -0.4 is 9.64 Å². The van der Waals surface area contributed by atoms with Gasteiger partial charge in [-0.15, -0.1) is 0 Å². The van der Waals surface area contributed by atoms with Crippen molar-refractivity contribution < 1.29 is 18.7 Å². The number of hydrogen-bond donors (Lipinski definition) is 0. The Balaban J connectivity index is 1.49. The highest BCUT2D eigenvalue weighted by molar-refractivity contribution is 5.98. The smallest absolute Gasteiger partial charge is 0.257 e. The van der Waals surface area contributed by atoms with E-state index in [1.54, 1.807) is 26.4 Å². The molecule has 6 heteroatoms. The Kier molecular flexibility index (Phi) is 3.98. The molecule has 136 valence electrons. The van der Waals surface area contributed by atoms with E-state index < -0.39 is 0 Å². The van der Waals surface area contributed by atoms with Crippen molar-refractivity contribution in [3.8, 4) is 5.75 Å². The lowest BCUT2D eigenvalue weighted by atomic mass is 9.86. The molecule has 1 atom stereocenters. The second kappa shape index (κ2) is 6.20. The van der Waals surface area contributed by atoms with Crippen molar-refractivity contribution in [1.29, 1.82) is 0 Å². The monoisotopic (exact) mass is 354 g/mol. The number of furan rings is 1. The predicted molar refractivity (Wildman–Crippen MR) is 96.4 cm³/mol. The largest absolute Gasteiger partial charge is 0.497 e. The fraction of sp³-hybridized carbons (Fsp3) is 0.400. The van der Waals surface area contributed by atoms with E-state index in [9.17, 15) is 9.59 Å². The van der Waals surface area contributed by atoms with Gasteiger partial charge >= 0.3 is 0 Å². The van der Waals surface area contributed by atoms with Crippen LogP contribution in [0.25, 0.3) is 0 Å². The highest BCUT2D eigenvalue weighted by Crippen LogP contribution is 2.42. The Hall–Kier alpha value is -2.76. The first-order valence-electron chi connectivity index (χ1n) is 8.79. The van der Waals surface area contributed by atoms with E-state index in [0.717, 1.165) is 17.9 Å². The van der Waals surface area contributed by atoms with Gasteiger partial charge in [0.2, 0.25) is 5.91 Å². The number of carbonyl (C=O) groups excluding carboxylic acids is 2. The van der Waals surface area contributed by atoms with Crippen LogP contribution in [-0.4, -0.2) is 43.5 Å². The second-order valence-corrected chi connectivity index (χ2v) is 7.22. The summed E-state index contributed by atoms with van der Waals surface area (Å²) in [4.78, 5) is 29.0. The van der Waals surface area contributed by atoms with Crippen LogP contribution in [0.3, 0.4) is 0 Å². The molecule has 0 N–H and O–H groups in total. The molecular weight excluding hydrogens is 332 g/mol. The minimum absolute atomic E-state index is 0.0107. The van der Waals surface area contributed by atoms with Crippen molar-refractivity contribution in [3.05, 3.63) is 47.9 Å². The molecule has 2 aliphatic rings. The maximum atomic E-state index is 12.7. The molecule has 1 aromatic heterocycles. The first-order valence-corrected chi connectivity index (χ1v) is 8.79. The Bertz CT molecular complexity index is 842. The number of rotatable bonds is 3. The molecule has 6 nitrogen and oxygen atoms in total. The SMILES string of the molecule is COc1ccc(N2C[C@@]3(CCN(C(=O)c4ccoc4C)C3)CC2=O)cc1. The van der Waals surface area contributed by atoms with Crippen LogP contribution >= 0.6 is 0 Å². The standard InChI is InChI=1S/C20H22N2O4/c1-14-17(7-10-26-14)19(24)21-9-8-20(12-21)11-18(23)22(13-20)15-3-5-16(25-2)6-4-15/h3-7,10H,8-9,11-13H2,1-2H3/t20-/m0/s1. The van der Waals surface area contributed by atoms with Gasteiger partial charge in [0.1, 0.15) is 11.5 Å². The molecule has 0 bridgehead atoms. The normalized spacial score (nSPS) is 22.5. The maximum absolute atomic E-state index is 12.7. The maximum Gasteiger partial charge on any atom is 0.257 e. The molecule has 0 aliphatic carbocycles. The summed E-state index contributed by atoms with van der Waals surface area (Å²) in [5.41, 5.74) is 1.33. The van der Waals surface area contributed by atoms with Crippen molar-refractivity contribution in [2.24, 2.45) is 5.41 Å². The van der Waals surface area contributed by atoms with Crippen LogP contribution in [0.15, 0.2) is 41.0 Å². The molecule has 0 radical (unpaired) electrons. The van der Waals surface area contributed by atoms with E-state index in [1.165, 1.54) is 0 Å². The van der Waals surface area contributed by atoms with Crippen LogP contribution in [-0.2, 0) is 4.79 Å². The predicted octanol–water partition coefficient (Wildman–Crippen LogP) is 2.87. The number of carbonyl (C=O) groups is 2. The van der Waals surface area contributed by atoms with E-state index in [4.69, 9.17) is 9.15 Å². The fourth-order valence-electron chi connectivity index (χ4n) is 4.05. The summed E-state index contributed by atoms with van der Waals surface area (Å²) in [5, 5.41) is 0. The zero-order valence-electron chi connectivity index (χ0n) is 15.0. The van der Waals surface area contributed by atoms with Gasteiger partial charge < -0.3 is 19.0 Å². The minimum atomic E-state index is -0.162. The van der Waals surface area contributed by atoms with Crippen LogP contribution in [0, 0.1) is 12.3 Å². The summed E-state index contributed by atoms with van der Waals surface area (Å²) in [5.74, 6) is 1.51. The lowest BCUT2D eigenvalue weighted by Crippen LogP contribution is -2.34. The fourth-order valence-corrected chi connectivity index (χ4v) is 4.05. The molecule has 1 aromatic carbocycles. The van der Waals surface area contributed by atoms with Gasteiger partial charge in [0.15, 0.2) is 0 Å². The van der Waals surface area contributed by atoms with Crippen LogP contribution in [0.2, 0.25) is 0 Å². The first-order chi connectivity index (χ1) is 12.5. The molecule has 2 amide bonds.